The molecule has 172 valence electrons. The molecule has 4 N–H and O–H groups in total. The summed E-state index contributed by atoms with van der Waals surface area (Å²) in [7, 11) is -3.74. The van der Waals surface area contributed by atoms with Gasteiger partial charge < -0.3 is 15.4 Å². The maximum absolute atomic E-state index is 12.5. The Labute approximate surface area is 192 Å². The maximum Gasteiger partial charge on any atom is 0.340 e. The monoisotopic (exact) mass is 467 g/mol. The van der Waals surface area contributed by atoms with E-state index in [1.807, 2.05) is 31.2 Å². The first-order chi connectivity index (χ1) is 15.7. The van der Waals surface area contributed by atoms with Gasteiger partial charge in [-0.3, -0.25) is 4.79 Å². The van der Waals surface area contributed by atoms with Crippen molar-refractivity contribution in [1.29, 1.82) is 0 Å². The first kappa shape index (κ1) is 24.0. The summed E-state index contributed by atoms with van der Waals surface area (Å²) >= 11 is 0. The number of hydrogen-bond acceptors (Lipinski definition) is 6. The lowest BCUT2D eigenvalue weighted by molar-refractivity contribution is -0.124. The fourth-order valence-corrected chi connectivity index (χ4v) is 3.53. The molecule has 0 bridgehead atoms. The summed E-state index contributed by atoms with van der Waals surface area (Å²) < 4.78 is 27.7. The second-order valence-corrected chi connectivity index (χ2v) is 8.96. The summed E-state index contributed by atoms with van der Waals surface area (Å²) in [4.78, 5) is 24.6. The van der Waals surface area contributed by atoms with Crippen LogP contribution in [0.3, 0.4) is 0 Å². The third kappa shape index (κ3) is 7.16. The molecule has 0 atom stereocenters. The predicted octanol–water partition coefficient (Wildman–Crippen LogP) is 2.90. The van der Waals surface area contributed by atoms with Crippen molar-refractivity contribution < 1.29 is 22.7 Å². The molecule has 0 heterocycles. The van der Waals surface area contributed by atoms with Crippen molar-refractivity contribution in [1.82, 2.24) is 5.32 Å². The summed E-state index contributed by atoms with van der Waals surface area (Å²) in [6.07, 6.45) is 0.480. The highest BCUT2D eigenvalue weighted by molar-refractivity contribution is 7.89. The molecule has 0 unspecified atom stereocenters. The number of nitrogens with one attached hydrogen (secondary N) is 2. The van der Waals surface area contributed by atoms with Gasteiger partial charge in [0.25, 0.3) is 5.91 Å². The second-order valence-electron chi connectivity index (χ2n) is 7.40. The van der Waals surface area contributed by atoms with Crippen molar-refractivity contribution in [3.05, 3.63) is 89.5 Å². The minimum atomic E-state index is -3.74. The predicted molar refractivity (Wildman–Crippen MR) is 126 cm³/mol. The van der Waals surface area contributed by atoms with Gasteiger partial charge in [0.1, 0.15) is 0 Å². The molecule has 0 aromatic heterocycles. The maximum atomic E-state index is 12.5. The molecule has 1 amide bonds. The molecule has 0 spiro atoms. The summed E-state index contributed by atoms with van der Waals surface area (Å²) in [6, 6.07) is 20.7. The van der Waals surface area contributed by atoms with Crippen molar-refractivity contribution in [2.45, 2.75) is 18.2 Å². The van der Waals surface area contributed by atoms with Gasteiger partial charge in [-0.1, -0.05) is 42.0 Å². The quantitative estimate of drug-likeness (QED) is 0.415. The van der Waals surface area contributed by atoms with Crippen LogP contribution in [-0.2, 0) is 26.0 Å². The van der Waals surface area contributed by atoms with Crippen LogP contribution in [0, 0.1) is 6.92 Å². The number of carbonyl (C=O) groups is 2. The molecule has 9 heteroatoms. The number of para-hydroxylation sites is 1. The van der Waals surface area contributed by atoms with Gasteiger partial charge in [-0.05, 0) is 55.3 Å². The lowest BCUT2D eigenvalue weighted by Gasteiger charge is -2.12. The molecule has 0 saturated heterocycles. The van der Waals surface area contributed by atoms with Gasteiger partial charge in [0, 0.05) is 12.2 Å². The molecule has 8 nitrogen and oxygen atoms in total. The highest BCUT2D eigenvalue weighted by Gasteiger charge is 2.14. The van der Waals surface area contributed by atoms with Crippen molar-refractivity contribution in [3.8, 4) is 0 Å². The fraction of sp³-hybridized carbons (Fsp3) is 0.167. The summed E-state index contributed by atoms with van der Waals surface area (Å²) in [5.41, 5.74) is 3.68. The minimum absolute atomic E-state index is 0.0272. The van der Waals surface area contributed by atoms with Gasteiger partial charge in [-0.25, -0.2) is 18.4 Å². The van der Waals surface area contributed by atoms with Gasteiger partial charge in [-0.2, -0.15) is 0 Å². The van der Waals surface area contributed by atoms with Crippen LogP contribution in [0.4, 0.5) is 11.4 Å². The molecular formula is C24H25N3O5S. The van der Waals surface area contributed by atoms with E-state index in [4.69, 9.17) is 9.88 Å². The van der Waals surface area contributed by atoms with E-state index < -0.39 is 28.5 Å². The van der Waals surface area contributed by atoms with Crippen LogP contribution in [0.2, 0.25) is 0 Å². The molecule has 0 aliphatic rings. The Kier molecular flexibility index (Phi) is 7.81. The second kappa shape index (κ2) is 10.8. The van der Waals surface area contributed by atoms with Gasteiger partial charge in [0.15, 0.2) is 6.61 Å². The minimum Gasteiger partial charge on any atom is -0.452 e. The average molecular weight is 468 g/mol. The van der Waals surface area contributed by atoms with E-state index in [1.165, 1.54) is 12.1 Å². The number of ether oxygens (including phenoxy) is 1. The summed E-state index contributed by atoms with van der Waals surface area (Å²) in [5.74, 6) is -1.05. The van der Waals surface area contributed by atoms with Crippen molar-refractivity contribution in [2.24, 2.45) is 5.14 Å². The topological polar surface area (TPSA) is 128 Å². The normalized spacial score (nSPS) is 11.0. The highest BCUT2D eigenvalue weighted by atomic mass is 32.2. The molecule has 3 aromatic rings. The molecule has 3 rings (SSSR count). The van der Waals surface area contributed by atoms with E-state index in [9.17, 15) is 18.0 Å². The Hall–Kier alpha value is -3.69. The number of sulfonamides is 1. The van der Waals surface area contributed by atoms with E-state index in [1.54, 1.807) is 36.4 Å². The Morgan fingerprint density at radius 3 is 2.27 bits per heavy atom. The van der Waals surface area contributed by atoms with Crippen LogP contribution in [0.5, 0.6) is 0 Å². The number of carbonyl (C=O) groups excluding carboxylic acids is 2. The number of nitrogens with two attached hydrogens (primary N) is 1. The molecule has 33 heavy (non-hydrogen) atoms. The van der Waals surface area contributed by atoms with Crippen LogP contribution in [0.15, 0.2) is 77.7 Å². The Balaban J connectivity index is 1.48. The standard InChI is InChI=1S/C24H25N3O5S/c1-17-6-10-19(11-7-17)27-22-5-3-2-4-21(22)24(29)32-16-23(28)26-15-14-18-8-12-20(13-9-18)33(25,30)31/h2-13,27H,14-16H2,1H3,(H,26,28)(H2,25,30,31). The van der Waals surface area contributed by atoms with Crippen molar-refractivity contribution in [3.63, 3.8) is 0 Å². The number of rotatable bonds is 9. The SMILES string of the molecule is Cc1ccc(Nc2ccccc2C(=O)OCC(=O)NCCc2ccc(S(N)(=O)=O)cc2)cc1. The Morgan fingerprint density at radius 2 is 1.61 bits per heavy atom. The third-order valence-corrected chi connectivity index (χ3v) is 5.73. The largest absolute Gasteiger partial charge is 0.452 e. The number of primary sulfonamides is 1. The van der Waals surface area contributed by atoms with Gasteiger partial charge in [-0.15, -0.1) is 0 Å². The molecular weight excluding hydrogens is 442 g/mol. The van der Waals surface area contributed by atoms with E-state index in [2.05, 4.69) is 10.6 Å². The van der Waals surface area contributed by atoms with Gasteiger partial charge in [0.2, 0.25) is 10.0 Å². The Morgan fingerprint density at radius 1 is 0.939 bits per heavy atom. The van der Waals surface area contributed by atoms with Gasteiger partial charge >= 0.3 is 5.97 Å². The zero-order valence-corrected chi connectivity index (χ0v) is 18.9. The van der Waals surface area contributed by atoms with E-state index in [0.717, 1.165) is 16.8 Å². The molecule has 0 saturated carbocycles. The van der Waals surface area contributed by atoms with Crippen LogP contribution in [0.25, 0.3) is 0 Å². The van der Waals surface area contributed by atoms with Crippen LogP contribution in [0.1, 0.15) is 21.5 Å². The number of hydrogen-bond donors (Lipinski definition) is 3. The molecule has 3 aromatic carbocycles. The molecule has 0 fully saturated rings. The lowest BCUT2D eigenvalue weighted by Crippen LogP contribution is -2.30. The number of anilines is 2. The van der Waals surface area contributed by atoms with Crippen LogP contribution >= 0.6 is 0 Å². The zero-order valence-electron chi connectivity index (χ0n) is 18.1. The van der Waals surface area contributed by atoms with E-state index in [0.29, 0.717) is 24.2 Å². The zero-order chi connectivity index (χ0) is 23.8. The smallest absolute Gasteiger partial charge is 0.340 e. The number of aryl methyl sites for hydroxylation is 1. The van der Waals surface area contributed by atoms with Crippen molar-refractivity contribution in [2.75, 3.05) is 18.5 Å². The third-order valence-electron chi connectivity index (χ3n) is 4.80. The summed E-state index contributed by atoms with van der Waals surface area (Å²) in [6.45, 7) is 1.88. The average Bonchev–Trinajstić information content (AvgIpc) is 2.79. The van der Waals surface area contributed by atoms with Gasteiger partial charge in [0.05, 0.1) is 16.1 Å². The fourth-order valence-electron chi connectivity index (χ4n) is 3.01. The van der Waals surface area contributed by atoms with E-state index >= 15 is 0 Å². The van der Waals surface area contributed by atoms with E-state index in [-0.39, 0.29) is 4.90 Å². The molecule has 0 aliphatic heterocycles. The number of amides is 1. The lowest BCUT2D eigenvalue weighted by atomic mass is 10.1. The number of esters is 1. The number of benzene rings is 3. The Bertz CT molecular complexity index is 1220. The molecule has 0 aliphatic carbocycles. The highest BCUT2D eigenvalue weighted by Crippen LogP contribution is 2.22. The summed E-state index contributed by atoms with van der Waals surface area (Å²) in [5, 5.41) is 10.9. The van der Waals surface area contributed by atoms with Crippen LogP contribution in [-0.4, -0.2) is 33.4 Å². The molecule has 0 radical (unpaired) electrons. The first-order valence-corrected chi connectivity index (χ1v) is 11.8. The van der Waals surface area contributed by atoms with Crippen molar-refractivity contribution >= 4 is 33.3 Å². The van der Waals surface area contributed by atoms with Crippen LogP contribution < -0.4 is 15.8 Å². The first-order valence-electron chi connectivity index (χ1n) is 10.2.